The summed E-state index contributed by atoms with van der Waals surface area (Å²) in [6.07, 6.45) is 1.27. The fourth-order valence-electron chi connectivity index (χ4n) is 2.12. The minimum Gasteiger partial charge on any atom is -0.369 e. The predicted octanol–water partition coefficient (Wildman–Crippen LogP) is 2.43. The third-order valence-electron chi connectivity index (χ3n) is 3.25. The lowest BCUT2D eigenvalue weighted by Crippen LogP contribution is -2.48. The third-order valence-corrected chi connectivity index (χ3v) is 5.90. The van der Waals surface area contributed by atoms with E-state index in [2.05, 4.69) is 55.0 Å². The second kappa shape index (κ2) is 6.11. The van der Waals surface area contributed by atoms with Gasteiger partial charge in [0.2, 0.25) is 10.0 Å². The Balaban J connectivity index is 2.08. The standard InChI is InChI=1S/C12H16Br2N2O2S/c1-19(17,18)16-6-4-15(5-7-16)11-3-2-10(9-13)12(14)8-11/h2-3,8H,4-7,9H2,1H3. The van der Waals surface area contributed by atoms with E-state index < -0.39 is 10.0 Å². The van der Waals surface area contributed by atoms with E-state index in [-0.39, 0.29) is 0 Å². The highest BCUT2D eigenvalue weighted by atomic mass is 79.9. The van der Waals surface area contributed by atoms with E-state index in [9.17, 15) is 8.42 Å². The van der Waals surface area contributed by atoms with E-state index >= 15 is 0 Å². The van der Waals surface area contributed by atoms with Crippen molar-refractivity contribution in [2.75, 3.05) is 37.3 Å². The first kappa shape index (κ1) is 15.3. The van der Waals surface area contributed by atoms with E-state index in [1.165, 1.54) is 16.1 Å². The Morgan fingerprint density at radius 3 is 2.32 bits per heavy atom. The van der Waals surface area contributed by atoms with Crippen LogP contribution in [0.2, 0.25) is 0 Å². The number of nitrogens with zero attached hydrogens (tertiary/aromatic N) is 2. The number of hydrogen-bond acceptors (Lipinski definition) is 3. The summed E-state index contributed by atoms with van der Waals surface area (Å²) < 4.78 is 25.5. The van der Waals surface area contributed by atoms with Crippen LogP contribution >= 0.6 is 31.9 Å². The van der Waals surface area contributed by atoms with Crippen molar-refractivity contribution >= 4 is 47.6 Å². The molecule has 0 unspecified atom stereocenters. The van der Waals surface area contributed by atoms with Crippen molar-refractivity contribution in [3.05, 3.63) is 28.2 Å². The van der Waals surface area contributed by atoms with E-state index in [1.54, 1.807) is 0 Å². The van der Waals surface area contributed by atoms with E-state index in [0.29, 0.717) is 13.1 Å². The van der Waals surface area contributed by atoms with Gasteiger partial charge < -0.3 is 4.90 Å². The number of halogens is 2. The zero-order chi connectivity index (χ0) is 14.0. The highest BCUT2D eigenvalue weighted by Crippen LogP contribution is 2.26. The van der Waals surface area contributed by atoms with Crippen molar-refractivity contribution in [2.24, 2.45) is 0 Å². The zero-order valence-corrected chi connectivity index (χ0v) is 14.6. The largest absolute Gasteiger partial charge is 0.369 e. The lowest BCUT2D eigenvalue weighted by molar-refractivity contribution is 0.388. The average Bonchev–Trinajstić information content (AvgIpc) is 2.38. The van der Waals surface area contributed by atoms with Crippen LogP contribution in [0.5, 0.6) is 0 Å². The van der Waals surface area contributed by atoms with Gasteiger partial charge >= 0.3 is 0 Å². The molecule has 19 heavy (non-hydrogen) atoms. The molecule has 1 saturated heterocycles. The molecule has 1 aliphatic rings. The number of anilines is 1. The number of alkyl halides is 1. The molecule has 0 spiro atoms. The molecule has 0 atom stereocenters. The molecule has 1 fully saturated rings. The molecular weight excluding hydrogens is 396 g/mol. The quantitative estimate of drug-likeness (QED) is 0.717. The molecule has 1 aromatic rings. The van der Waals surface area contributed by atoms with Crippen LogP contribution in [-0.4, -0.2) is 45.2 Å². The molecule has 106 valence electrons. The summed E-state index contributed by atoms with van der Waals surface area (Å²) in [6, 6.07) is 6.25. The highest BCUT2D eigenvalue weighted by molar-refractivity contribution is 9.10. The maximum atomic E-state index is 11.5. The van der Waals surface area contributed by atoms with Gasteiger partial charge in [-0.25, -0.2) is 8.42 Å². The molecule has 0 aromatic heterocycles. The van der Waals surface area contributed by atoms with Crippen LogP contribution in [0.4, 0.5) is 5.69 Å². The Bertz CT molecular complexity index is 555. The van der Waals surface area contributed by atoms with Crippen molar-refractivity contribution < 1.29 is 8.42 Å². The summed E-state index contributed by atoms with van der Waals surface area (Å²) in [4.78, 5) is 2.21. The average molecular weight is 412 g/mol. The molecule has 0 radical (unpaired) electrons. The van der Waals surface area contributed by atoms with E-state index in [0.717, 1.165) is 28.6 Å². The molecule has 1 aromatic carbocycles. The van der Waals surface area contributed by atoms with Crippen molar-refractivity contribution in [3.63, 3.8) is 0 Å². The number of rotatable bonds is 3. The predicted molar refractivity (Wildman–Crippen MR) is 85.4 cm³/mol. The lowest BCUT2D eigenvalue weighted by Gasteiger charge is -2.34. The summed E-state index contributed by atoms with van der Waals surface area (Å²) >= 11 is 7.00. The van der Waals surface area contributed by atoms with Crippen LogP contribution in [0, 0.1) is 0 Å². The minimum atomic E-state index is -3.06. The summed E-state index contributed by atoms with van der Waals surface area (Å²) in [7, 11) is -3.06. The van der Waals surface area contributed by atoms with Gasteiger partial charge in [-0.2, -0.15) is 4.31 Å². The Hall–Kier alpha value is -0.110. The summed E-state index contributed by atoms with van der Waals surface area (Å²) in [5.41, 5.74) is 2.34. The molecule has 2 rings (SSSR count). The normalized spacial score (nSPS) is 17.7. The van der Waals surface area contributed by atoms with Gasteiger partial charge in [-0.3, -0.25) is 0 Å². The molecule has 0 amide bonds. The van der Waals surface area contributed by atoms with E-state index in [1.807, 2.05) is 0 Å². The first-order valence-corrected chi connectivity index (χ1v) is 9.72. The van der Waals surface area contributed by atoms with Gasteiger partial charge in [-0.05, 0) is 17.7 Å². The molecule has 7 heteroatoms. The van der Waals surface area contributed by atoms with Gasteiger partial charge in [0.05, 0.1) is 6.26 Å². The van der Waals surface area contributed by atoms with Crippen LogP contribution < -0.4 is 4.90 Å². The lowest BCUT2D eigenvalue weighted by atomic mass is 10.2. The molecular formula is C12H16Br2N2O2S. The number of benzene rings is 1. The third kappa shape index (κ3) is 3.71. The van der Waals surface area contributed by atoms with Crippen LogP contribution in [0.1, 0.15) is 5.56 Å². The second-order valence-corrected chi connectivity index (χ2v) is 7.96. The summed E-state index contributed by atoms with van der Waals surface area (Å²) in [5, 5.41) is 0.815. The second-order valence-electron chi connectivity index (χ2n) is 4.56. The summed E-state index contributed by atoms with van der Waals surface area (Å²) in [5.74, 6) is 0. The Morgan fingerprint density at radius 2 is 1.84 bits per heavy atom. The number of piperazine rings is 1. The number of sulfonamides is 1. The van der Waals surface area contributed by atoms with Gasteiger partial charge in [0.1, 0.15) is 0 Å². The van der Waals surface area contributed by atoms with Crippen LogP contribution in [-0.2, 0) is 15.4 Å². The monoisotopic (exact) mass is 410 g/mol. The van der Waals surface area contributed by atoms with E-state index in [4.69, 9.17) is 0 Å². The van der Waals surface area contributed by atoms with Crippen molar-refractivity contribution in [2.45, 2.75) is 5.33 Å². The van der Waals surface area contributed by atoms with Crippen molar-refractivity contribution in [1.29, 1.82) is 0 Å². The van der Waals surface area contributed by atoms with Gasteiger partial charge in [0, 0.05) is 41.7 Å². The fraction of sp³-hybridized carbons (Fsp3) is 0.500. The molecule has 4 nitrogen and oxygen atoms in total. The van der Waals surface area contributed by atoms with Crippen molar-refractivity contribution in [3.8, 4) is 0 Å². The SMILES string of the molecule is CS(=O)(=O)N1CCN(c2ccc(CBr)c(Br)c2)CC1. The minimum absolute atomic E-state index is 0.552. The van der Waals surface area contributed by atoms with Crippen LogP contribution in [0.3, 0.4) is 0 Å². The highest BCUT2D eigenvalue weighted by Gasteiger charge is 2.23. The maximum absolute atomic E-state index is 11.5. The Labute approximate surface area is 131 Å². The molecule has 1 heterocycles. The number of hydrogen-bond donors (Lipinski definition) is 0. The maximum Gasteiger partial charge on any atom is 0.211 e. The molecule has 0 N–H and O–H groups in total. The Kier molecular flexibility index (Phi) is 4.92. The van der Waals surface area contributed by atoms with Crippen LogP contribution in [0.15, 0.2) is 22.7 Å². The van der Waals surface area contributed by atoms with Gasteiger partial charge in [0.25, 0.3) is 0 Å². The van der Waals surface area contributed by atoms with Gasteiger partial charge in [-0.1, -0.05) is 37.9 Å². The molecule has 0 aliphatic carbocycles. The van der Waals surface area contributed by atoms with Crippen LogP contribution in [0.25, 0.3) is 0 Å². The van der Waals surface area contributed by atoms with Gasteiger partial charge in [0.15, 0.2) is 0 Å². The molecule has 0 bridgehead atoms. The first-order valence-electron chi connectivity index (χ1n) is 5.96. The first-order chi connectivity index (χ1) is 8.91. The molecule has 1 aliphatic heterocycles. The fourth-order valence-corrected chi connectivity index (χ4v) is 4.32. The summed E-state index contributed by atoms with van der Waals surface area (Å²) in [6.45, 7) is 2.56. The zero-order valence-electron chi connectivity index (χ0n) is 10.6. The Morgan fingerprint density at radius 1 is 1.21 bits per heavy atom. The van der Waals surface area contributed by atoms with Gasteiger partial charge in [-0.15, -0.1) is 0 Å². The smallest absolute Gasteiger partial charge is 0.211 e. The topological polar surface area (TPSA) is 40.6 Å². The molecule has 0 saturated carbocycles. The van der Waals surface area contributed by atoms with Crippen molar-refractivity contribution in [1.82, 2.24) is 4.31 Å².